The number of para-hydroxylation sites is 1. The highest BCUT2D eigenvalue weighted by atomic mass is 33.1. The van der Waals surface area contributed by atoms with Crippen molar-refractivity contribution in [3.63, 3.8) is 0 Å². The molecule has 3 atom stereocenters. The Labute approximate surface area is 404 Å². The van der Waals surface area contributed by atoms with Crippen LogP contribution in [-0.2, 0) is 36.8 Å². The zero-order chi connectivity index (χ0) is 49.8. The molecule has 0 bridgehead atoms. The number of nitrogen functional groups attached to an aromatic ring is 2. The molecule has 370 valence electrons. The molecule has 24 heteroatoms. The molecule has 3 unspecified atom stereocenters. The van der Waals surface area contributed by atoms with E-state index >= 15 is 0 Å². The zero-order valence-electron chi connectivity index (χ0n) is 38.7. The molecule has 0 spiro atoms. The summed E-state index contributed by atoms with van der Waals surface area (Å²) < 4.78 is 12.9. The van der Waals surface area contributed by atoms with Crippen molar-refractivity contribution < 1.29 is 43.7 Å². The Balaban J connectivity index is 0.885. The number of amides is 2. The molecule has 2 amide bonds. The molecule has 69 heavy (non-hydrogen) atoms. The first kappa shape index (κ1) is 51.4. The number of rotatable bonds is 24. The van der Waals surface area contributed by atoms with Gasteiger partial charge in [0, 0.05) is 73.1 Å². The van der Waals surface area contributed by atoms with Gasteiger partial charge in [-0.1, -0.05) is 67.0 Å². The highest BCUT2D eigenvalue weighted by Gasteiger charge is 2.29. The lowest BCUT2D eigenvalue weighted by Gasteiger charge is -2.35. The van der Waals surface area contributed by atoms with Crippen molar-refractivity contribution in [2.45, 2.75) is 77.5 Å². The first-order valence-corrected chi connectivity index (χ1v) is 24.8. The van der Waals surface area contributed by atoms with Crippen molar-refractivity contribution in [2.75, 3.05) is 71.9 Å². The summed E-state index contributed by atoms with van der Waals surface area (Å²) in [6.07, 6.45) is 1.16. The van der Waals surface area contributed by atoms with Gasteiger partial charge in [-0.2, -0.15) is 4.98 Å². The van der Waals surface area contributed by atoms with Crippen LogP contribution in [0.25, 0.3) is 21.9 Å². The molecule has 0 radical (unpaired) electrons. The number of aromatic nitrogens is 5. The van der Waals surface area contributed by atoms with E-state index in [2.05, 4.69) is 47.7 Å². The molecule has 4 heterocycles. The maximum absolute atomic E-state index is 13.0. The highest BCUT2D eigenvalue weighted by Crippen LogP contribution is 2.32. The van der Waals surface area contributed by atoms with Gasteiger partial charge in [-0.3, -0.25) is 14.4 Å². The number of carbonyl (C=O) groups is 5. The number of aryl methyl sites for hydroxylation is 1. The van der Waals surface area contributed by atoms with E-state index in [1.54, 1.807) is 24.1 Å². The molecule has 0 saturated carbocycles. The molecule has 1 aliphatic rings. The fourth-order valence-electron chi connectivity index (χ4n) is 7.58. The van der Waals surface area contributed by atoms with Crippen LogP contribution in [0.1, 0.15) is 62.6 Å². The number of hydrogen-bond donors (Lipinski definition) is 9. The molecule has 6 rings (SSSR count). The van der Waals surface area contributed by atoms with E-state index < -0.39 is 53.0 Å². The van der Waals surface area contributed by atoms with Crippen LogP contribution >= 0.6 is 21.6 Å². The molecular formula is C45H58N12O10S2. The molecule has 0 aliphatic carbocycles. The van der Waals surface area contributed by atoms with Crippen molar-refractivity contribution in [1.82, 2.24) is 35.1 Å². The van der Waals surface area contributed by atoms with Gasteiger partial charge in [-0.15, -0.1) is 0 Å². The maximum Gasteiger partial charge on any atom is 0.508 e. The average Bonchev–Trinajstić information content (AvgIpc) is 3.66. The number of unbranched alkanes of at least 4 members (excludes halogenated alkanes) is 1. The molecule has 0 saturated heterocycles. The summed E-state index contributed by atoms with van der Waals surface area (Å²) in [5, 5.41) is 31.7. The van der Waals surface area contributed by atoms with Gasteiger partial charge in [0.2, 0.25) is 11.9 Å². The molecule has 3 aromatic heterocycles. The summed E-state index contributed by atoms with van der Waals surface area (Å²) in [6.45, 7) is 7.53. The Morgan fingerprint density at radius 1 is 0.971 bits per heavy atom. The smallest absolute Gasteiger partial charge is 0.480 e. The number of carboxylic acids is 2. The van der Waals surface area contributed by atoms with Gasteiger partial charge in [0.1, 0.15) is 48.1 Å². The Bertz CT molecular complexity index is 2720. The van der Waals surface area contributed by atoms with Crippen LogP contribution < -0.4 is 43.2 Å². The van der Waals surface area contributed by atoms with Gasteiger partial charge in [0.15, 0.2) is 5.82 Å². The number of imidazole rings is 1. The number of anilines is 5. The minimum absolute atomic E-state index is 0.0128. The standard InChI is InChI=1S/C45H58N12O10S2/c1-5-6-11-32-53-34-35(28-9-7-8-10-29(28)51-37(34)46)57(32)23-45(2,3)24-67-44(65)66-18-19-68-69-22-31(42(63)64)50-33(58)17-16-30(41(61)62)52-39(59)25-12-14-26(15-13-25)48-20-27-21-49-38-36(56(27)4)40(60)55-43(47)54-38/h7-10,12-15,27,30-31,48H,5-6,11,16-24H2,1-4H3,(H2,46,51)(H,50,58)(H,52,59)(H,61,62)(H,63,64)(H4,47,49,54,55,60). The van der Waals surface area contributed by atoms with Gasteiger partial charge in [0.25, 0.3) is 11.5 Å². The minimum Gasteiger partial charge on any atom is -0.480 e. The number of ether oxygens (including phenoxy) is 2. The van der Waals surface area contributed by atoms with E-state index in [9.17, 15) is 39.0 Å². The number of benzene rings is 2. The third-order valence-electron chi connectivity index (χ3n) is 11.2. The number of hydrogen-bond acceptors (Lipinski definition) is 18. The second-order valence-corrected chi connectivity index (χ2v) is 19.8. The fraction of sp³-hybridized carbons (Fsp3) is 0.444. The van der Waals surface area contributed by atoms with Crippen molar-refractivity contribution in [3.05, 3.63) is 70.3 Å². The van der Waals surface area contributed by atoms with Crippen LogP contribution in [0.5, 0.6) is 0 Å². The number of aromatic amines is 1. The molecule has 22 nitrogen and oxygen atoms in total. The summed E-state index contributed by atoms with van der Waals surface area (Å²) in [6, 6.07) is 11.2. The second-order valence-electron chi connectivity index (χ2n) is 17.2. The van der Waals surface area contributed by atoms with E-state index in [0.717, 1.165) is 52.3 Å². The third kappa shape index (κ3) is 13.6. The number of H-pyrrole nitrogens is 1. The zero-order valence-corrected chi connectivity index (χ0v) is 40.3. The molecule has 2 aromatic carbocycles. The maximum atomic E-state index is 13.0. The van der Waals surface area contributed by atoms with Crippen LogP contribution in [0.2, 0.25) is 0 Å². The largest absolute Gasteiger partial charge is 0.508 e. The fourth-order valence-corrected chi connectivity index (χ4v) is 9.57. The van der Waals surface area contributed by atoms with Crippen molar-refractivity contribution in [2.24, 2.45) is 5.41 Å². The molecule has 5 aromatic rings. The van der Waals surface area contributed by atoms with Crippen molar-refractivity contribution >= 4 is 102 Å². The Morgan fingerprint density at radius 3 is 2.43 bits per heavy atom. The van der Waals surface area contributed by atoms with Gasteiger partial charge < -0.3 is 66.9 Å². The number of nitrogens with zero attached hydrogens (tertiary/aromatic N) is 5. The third-order valence-corrected chi connectivity index (χ3v) is 13.6. The number of carbonyl (C=O) groups excluding carboxylic acids is 3. The Kier molecular flexibility index (Phi) is 17.4. The van der Waals surface area contributed by atoms with E-state index in [-0.39, 0.29) is 49.4 Å². The summed E-state index contributed by atoms with van der Waals surface area (Å²) >= 11 is 0. The number of nitrogens with one attached hydrogen (secondary N) is 5. The van der Waals surface area contributed by atoms with Crippen molar-refractivity contribution in [3.8, 4) is 0 Å². The predicted octanol–water partition coefficient (Wildman–Crippen LogP) is 4.31. The van der Waals surface area contributed by atoms with Gasteiger partial charge >= 0.3 is 18.1 Å². The highest BCUT2D eigenvalue weighted by molar-refractivity contribution is 8.76. The lowest BCUT2D eigenvalue weighted by Crippen LogP contribution is -2.48. The number of aliphatic carboxylic acids is 2. The van der Waals surface area contributed by atoms with Crippen LogP contribution in [0.4, 0.5) is 33.8 Å². The normalized spacial score (nSPS) is 14.3. The molecule has 0 fully saturated rings. The minimum atomic E-state index is -1.43. The van der Waals surface area contributed by atoms with Gasteiger partial charge in [0.05, 0.1) is 17.1 Å². The molecule has 1 aliphatic heterocycles. The van der Waals surface area contributed by atoms with E-state index in [4.69, 9.17) is 25.9 Å². The first-order valence-electron chi connectivity index (χ1n) is 22.3. The van der Waals surface area contributed by atoms with E-state index in [1.165, 1.54) is 22.9 Å². The quantitative estimate of drug-likeness (QED) is 0.0236. The molecular weight excluding hydrogens is 933 g/mol. The summed E-state index contributed by atoms with van der Waals surface area (Å²) in [7, 11) is 4.15. The van der Waals surface area contributed by atoms with Crippen LogP contribution in [0.15, 0.2) is 53.3 Å². The number of pyridine rings is 1. The topological polar surface area (TPSA) is 324 Å². The van der Waals surface area contributed by atoms with E-state index in [0.29, 0.717) is 53.9 Å². The van der Waals surface area contributed by atoms with Crippen LogP contribution in [0, 0.1) is 5.41 Å². The summed E-state index contributed by atoms with van der Waals surface area (Å²) in [4.78, 5) is 92.6. The lowest BCUT2D eigenvalue weighted by atomic mass is 9.94. The van der Waals surface area contributed by atoms with E-state index in [1.807, 2.05) is 38.1 Å². The number of carboxylic acid groups (broad SMARTS) is 2. The summed E-state index contributed by atoms with van der Waals surface area (Å²) in [5.74, 6) is -2.05. The second kappa shape index (κ2) is 23.4. The Hall–Kier alpha value is -6.95. The number of likely N-dealkylation sites (N-methyl/N-ethyl adjacent to an activating group) is 1. The average molecular weight is 991 g/mol. The van der Waals surface area contributed by atoms with Gasteiger partial charge in [-0.05, 0) is 43.2 Å². The lowest BCUT2D eigenvalue weighted by molar-refractivity contribution is -0.142. The van der Waals surface area contributed by atoms with Crippen LogP contribution in [0.3, 0.4) is 0 Å². The van der Waals surface area contributed by atoms with Crippen molar-refractivity contribution in [1.29, 1.82) is 0 Å². The number of nitrogens with two attached hydrogens (primary N) is 2. The predicted molar refractivity (Wildman–Crippen MR) is 267 cm³/mol. The first-order chi connectivity index (χ1) is 32.9. The number of fused-ring (bicyclic) bond motifs is 4. The SMILES string of the molecule is CCCCc1nc2c(N)nc3ccccc3c2n1CC(C)(C)COC(=O)OCCSSCC(NC(=O)CCC(NC(=O)c1ccc(NCC2CNc3[nH]c(N)nc(=O)c3N2C)cc1)C(=O)O)C(=O)O. The molecule has 11 N–H and O–H groups in total. The Morgan fingerprint density at radius 2 is 1.71 bits per heavy atom. The van der Waals surface area contributed by atoms with Crippen LogP contribution in [-0.4, -0.2) is 128 Å². The monoisotopic (exact) mass is 990 g/mol. The summed E-state index contributed by atoms with van der Waals surface area (Å²) in [5.41, 5.74) is 14.5. The van der Waals surface area contributed by atoms with Gasteiger partial charge in [-0.25, -0.2) is 24.4 Å².